The number of carbonyl (C=O) groups excluding carboxylic acids is 4. The van der Waals surface area contributed by atoms with Gasteiger partial charge in [0.2, 0.25) is 0 Å². The Kier molecular flexibility index (Phi) is 5.56. The van der Waals surface area contributed by atoms with Crippen molar-refractivity contribution in [2.45, 2.75) is 6.92 Å². The van der Waals surface area contributed by atoms with Gasteiger partial charge in [0.25, 0.3) is 17.7 Å². The van der Waals surface area contributed by atoms with E-state index in [0.29, 0.717) is 16.5 Å². The van der Waals surface area contributed by atoms with E-state index in [2.05, 4.69) is 5.32 Å². The maximum atomic E-state index is 12.2. The number of methoxy groups -OCH3 is 1. The lowest BCUT2D eigenvalue weighted by molar-refractivity contribution is -0.119. The summed E-state index contributed by atoms with van der Waals surface area (Å²) in [5, 5.41) is 3.08. The van der Waals surface area contributed by atoms with E-state index in [4.69, 9.17) is 21.1 Å². The number of ether oxygens (including phenoxy) is 2. The minimum Gasteiger partial charge on any atom is -0.495 e. The third-order valence-electron chi connectivity index (χ3n) is 4.41. The lowest BCUT2D eigenvalue weighted by Gasteiger charge is -2.12. The third kappa shape index (κ3) is 3.93. The first-order chi connectivity index (χ1) is 13.7. The van der Waals surface area contributed by atoms with Crippen LogP contribution in [0, 0.1) is 6.92 Å². The molecule has 0 saturated heterocycles. The first-order valence-corrected chi connectivity index (χ1v) is 8.88. The van der Waals surface area contributed by atoms with Gasteiger partial charge < -0.3 is 14.8 Å². The van der Waals surface area contributed by atoms with Crippen molar-refractivity contribution in [3.8, 4) is 5.75 Å². The molecule has 3 amide bonds. The monoisotopic (exact) mass is 416 g/mol. The second kappa shape index (κ2) is 7.92. The van der Waals surface area contributed by atoms with Crippen molar-refractivity contribution < 1.29 is 28.7 Å². The Hall–Kier alpha value is -3.39. The summed E-state index contributed by atoms with van der Waals surface area (Å²) >= 11 is 6.03. The van der Waals surface area contributed by atoms with E-state index in [1.165, 1.54) is 32.4 Å². The number of fused-ring (bicyclic) bond motifs is 1. The molecule has 1 heterocycles. The smallest absolute Gasteiger partial charge is 0.338 e. The molecule has 0 fully saturated rings. The predicted octanol–water partition coefficient (Wildman–Crippen LogP) is 2.68. The highest BCUT2D eigenvalue weighted by Gasteiger charge is 2.33. The fourth-order valence-corrected chi connectivity index (χ4v) is 2.97. The van der Waals surface area contributed by atoms with E-state index in [9.17, 15) is 19.2 Å². The lowest BCUT2D eigenvalue weighted by Crippen LogP contribution is -2.24. The van der Waals surface area contributed by atoms with Gasteiger partial charge in [-0.05, 0) is 36.8 Å². The van der Waals surface area contributed by atoms with Crippen LogP contribution in [0.15, 0.2) is 30.3 Å². The number of nitrogens with zero attached hydrogens (tertiary/aromatic N) is 1. The molecule has 0 unspecified atom stereocenters. The van der Waals surface area contributed by atoms with Crippen LogP contribution in [0.2, 0.25) is 5.02 Å². The maximum absolute atomic E-state index is 12.2. The Labute approximate surface area is 171 Å². The highest BCUT2D eigenvalue weighted by Crippen LogP contribution is 2.31. The number of carbonyl (C=O) groups is 4. The molecule has 1 aliphatic rings. The Morgan fingerprint density at radius 1 is 1.10 bits per heavy atom. The molecule has 0 spiro atoms. The average Bonchev–Trinajstić information content (AvgIpc) is 2.92. The zero-order valence-corrected chi connectivity index (χ0v) is 16.6. The standard InChI is InChI=1S/C20H17ClN2O6/c1-10-6-15(16(28-3)8-14(10)21)22-17(24)9-29-20(27)11-4-5-12-13(7-11)19(26)23(2)18(12)25/h4-8H,9H2,1-3H3,(H,22,24). The number of nitrogens with one attached hydrogen (secondary N) is 1. The second-order valence-electron chi connectivity index (χ2n) is 6.36. The number of halogens is 1. The lowest BCUT2D eigenvalue weighted by atomic mass is 10.1. The van der Waals surface area contributed by atoms with Gasteiger partial charge >= 0.3 is 5.97 Å². The normalized spacial score (nSPS) is 12.6. The van der Waals surface area contributed by atoms with Crippen molar-refractivity contribution >= 4 is 41.0 Å². The summed E-state index contributed by atoms with van der Waals surface area (Å²) in [6, 6.07) is 7.25. The largest absolute Gasteiger partial charge is 0.495 e. The van der Waals surface area contributed by atoms with E-state index in [0.717, 1.165) is 10.5 Å². The van der Waals surface area contributed by atoms with Crippen LogP contribution in [0.4, 0.5) is 5.69 Å². The first-order valence-electron chi connectivity index (χ1n) is 8.50. The summed E-state index contributed by atoms with van der Waals surface area (Å²) in [5.41, 5.74) is 1.53. The molecule has 0 aromatic heterocycles. The van der Waals surface area contributed by atoms with Gasteiger partial charge in [0.1, 0.15) is 5.75 Å². The third-order valence-corrected chi connectivity index (χ3v) is 4.82. The van der Waals surface area contributed by atoms with Gasteiger partial charge in [0, 0.05) is 18.1 Å². The Bertz CT molecular complexity index is 1050. The number of esters is 1. The molecule has 1 aliphatic heterocycles. The van der Waals surface area contributed by atoms with Gasteiger partial charge in [-0.2, -0.15) is 0 Å². The van der Waals surface area contributed by atoms with Crippen LogP contribution in [-0.2, 0) is 9.53 Å². The summed E-state index contributed by atoms with van der Waals surface area (Å²) in [6.07, 6.45) is 0. The van der Waals surface area contributed by atoms with Gasteiger partial charge in [0.15, 0.2) is 6.61 Å². The van der Waals surface area contributed by atoms with Crippen molar-refractivity contribution in [3.05, 3.63) is 57.6 Å². The van der Waals surface area contributed by atoms with Gasteiger partial charge in [-0.15, -0.1) is 0 Å². The number of benzene rings is 2. The molecular formula is C20H17ClN2O6. The van der Waals surface area contributed by atoms with Crippen molar-refractivity contribution in [3.63, 3.8) is 0 Å². The predicted molar refractivity (Wildman–Crippen MR) is 105 cm³/mol. The summed E-state index contributed by atoms with van der Waals surface area (Å²) in [4.78, 5) is 49.3. The number of hydrogen-bond acceptors (Lipinski definition) is 6. The average molecular weight is 417 g/mol. The van der Waals surface area contributed by atoms with Crippen molar-refractivity contribution in [2.75, 3.05) is 26.1 Å². The molecule has 2 aromatic carbocycles. The van der Waals surface area contributed by atoms with Gasteiger partial charge in [-0.3, -0.25) is 19.3 Å². The topological polar surface area (TPSA) is 102 Å². The molecule has 0 aliphatic carbocycles. The molecule has 0 saturated carbocycles. The molecule has 0 atom stereocenters. The van der Waals surface area contributed by atoms with Crippen molar-refractivity contribution in [2.24, 2.45) is 0 Å². The van der Waals surface area contributed by atoms with E-state index >= 15 is 0 Å². The molecule has 0 radical (unpaired) electrons. The molecule has 150 valence electrons. The van der Waals surface area contributed by atoms with Crippen LogP contribution in [-0.4, -0.2) is 49.4 Å². The first kappa shape index (κ1) is 20.3. The Balaban J connectivity index is 1.66. The number of rotatable bonds is 5. The molecule has 0 bridgehead atoms. The van der Waals surface area contributed by atoms with Gasteiger partial charge in [-0.1, -0.05) is 11.6 Å². The highest BCUT2D eigenvalue weighted by atomic mass is 35.5. The van der Waals surface area contributed by atoms with Crippen LogP contribution < -0.4 is 10.1 Å². The van der Waals surface area contributed by atoms with Crippen molar-refractivity contribution in [1.29, 1.82) is 0 Å². The minimum absolute atomic E-state index is 0.0629. The number of anilines is 1. The number of imide groups is 1. The number of hydrogen-bond donors (Lipinski definition) is 1. The van der Waals surface area contributed by atoms with Gasteiger partial charge in [0.05, 0.1) is 29.5 Å². The van der Waals surface area contributed by atoms with E-state index in [1.807, 2.05) is 0 Å². The maximum Gasteiger partial charge on any atom is 0.338 e. The number of aryl methyl sites for hydroxylation is 1. The highest BCUT2D eigenvalue weighted by molar-refractivity contribution is 6.31. The van der Waals surface area contributed by atoms with Crippen LogP contribution in [0.3, 0.4) is 0 Å². The zero-order valence-electron chi connectivity index (χ0n) is 15.9. The SMILES string of the molecule is COc1cc(Cl)c(C)cc1NC(=O)COC(=O)c1ccc2c(c1)C(=O)N(C)C2=O. The summed E-state index contributed by atoms with van der Waals surface area (Å²) in [6.45, 7) is 1.22. The Morgan fingerprint density at radius 3 is 2.48 bits per heavy atom. The summed E-state index contributed by atoms with van der Waals surface area (Å²) in [7, 11) is 2.80. The minimum atomic E-state index is -0.794. The quantitative estimate of drug-likeness (QED) is 0.594. The van der Waals surface area contributed by atoms with E-state index in [-0.39, 0.29) is 16.7 Å². The van der Waals surface area contributed by atoms with Crippen LogP contribution in [0.25, 0.3) is 0 Å². The van der Waals surface area contributed by atoms with Crippen LogP contribution >= 0.6 is 11.6 Å². The fourth-order valence-electron chi connectivity index (χ4n) is 2.82. The fraction of sp³-hybridized carbons (Fsp3) is 0.200. The van der Waals surface area contributed by atoms with Gasteiger partial charge in [-0.25, -0.2) is 4.79 Å². The molecule has 3 rings (SSSR count). The summed E-state index contributed by atoms with van der Waals surface area (Å²) < 4.78 is 10.2. The zero-order chi connectivity index (χ0) is 21.3. The molecule has 1 N–H and O–H groups in total. The molecular weight excluding hydrogens is 400 g/mol. The van der Waals surface area contributed by atoms with E-state index in [1.54, 1.807) is 19.1 Å². The Morgan fingerprint density at radius 2 is 1.79 bits per heavy atom. The van der Waals surface area contributed by atoms with Crippen molar-refractivity contribution in [1.82, 2.24) is 4.90 Å². The molecule has 9 heteroatoms. The van der Waals surface area contributed by atoms with E-state index < -0.39 is 30.3 Å². The molecule has 29 heavy (non-hydrogen) atoms. The summed E-state index contributed by atoms with van der Waals surface area (Å²) in [5.74, 6) is -1.94. The van der Waals surface area contributed by atoms with Crippen LogP contribution in [0.5, 0.6) is 5.75 Å². The van der Waals surface area contributed by atoms with Crippen LogP contribution in [0.1, 0.15) is 36.6 Å². The second-order valence-corrected chi connectivity index (χ2v) is 6.76. The number of amides is 3. The molecule has 8 nitrogen and oxygen atoms in total. The molecule has 2 aromatic rings.